The molecule has 0 unspecified atom stereocenters. The van der Waals surface area contributed by atoms with Gasteiger partial charge in [-0.05, 0) is 0 Å². The molecule has 0 bridgehead atoms. The molecular weight excluding hydrogens is 337 g/mol. The maximum absolute atomic E-state index is 8.38. The molecule has 0 aliphatic carbocycles. The summed E-state index contributed by atoms with van der Waals surface area (Å²) in [4.78, 5) is 0. The van der Waals surface area contributed by atoms with Gasteiger partial charge >= 0.3 is 90.6 Å². The van der Waals surface area contributed by atoms with Crippen molar-refractivity contribution in [2.75, 3.05) is 0 Å². The van der Waals surface area contributed by atoms with Gasteiger partial charge in [0.05, 0.1) is 0 Å². The molecule has 0 rings (SSSR count). The molecule has 0 aliphatic heterocycles. The maximum Gasteiger partial charge on any atom is 2.00 e. The topological polar surface area (TPSA) is 17.1 Å². The fourth-order valence-electron chi connectivity index (χ4n) is 0. The monoisotopic (exact) mass is 341 g/mol. The van der Waals surface area contributed by atoms with Gasteiger partial charge in [-0.25, -0.2) is 0 Å². The summed E-state index contributed by atoms with van der Waals surface area (Å²) in [7, 11) is 0. The molecule has 0 atom stereocenters. The zero-order chi connectivity index (χ0) is 2.00. The van der Waals surface area contributed by atoms with E-state index < -0.39 is 0 Å². The third kappa shape index (κ3) is 18.1. The minimum absolute atomic E-state index is 0. The van der Waals surface area contributed by atoms with Crippen LogP contribution in [0.25, 0.3) is 0 Å². The molecule has 0 aromatic carbocycles. The first-order chi connectivity index (χ1) is 1.00. The van der Waals surface area contributed by atoms with E-state index in [1.807, 2.05) is 0 Å². The van der Waals surface area contributed by atoms with Crippen LogP contribution >= 0.6 is 0 Å². The molecule has 0 aromatic rings. The van der Waals surface area contributed by atoms with Gasteiger partial charge in [0.1, 0.15) is 0 Å². The van der Waals surface area contributed by atoms with Gasteiger partial charge in [0, 0.05) is 35.6 Å². The van der Waals surface area contributed by atoms with Gasteiger partial charge in [-0.2, -0.15) is 0 Å². The predicted molar refractivity (Wildman–Crippen MR) is 23.8 cm³/mol. The summed E-state index contributed by atoms with van der Waals surface area (Å²) in [6.45, 7) is 0. The quantitative estimate of drug-likeness (QED) is 0.513. The molecule has 1 nitrogen and oxygen atoms in total. The van der Waals surface area contributed by atoms with Gasteiger partial charge in [0.25, 0.3) is 0 Å². The van der Waals surface area contributed by atoms with Crippen LogP contribution in [0.2, 0.25) is 0 Å². The molecule has 0 aliphatic rings. The van der Waals surface area contributed by atoms with Crippen LogP contribution in [0, 0.1) is 35.6 Å². The normalized spacial score (nSPS) is 0.600. The van der Waals surface area contributed by atoms with Crippen molar-refractivity contribution in [1.29, 1.82) is 0 Å². The molecule has 0 saturated carbocycles. The Morgan fingerprint density at radius 2 is 1.40 bits per heavy atom. The summed E-state index contributed by atoms with van der Waals surface area (Å²) in [5, 5.41) is 0. The molecule has 0 fully saturated rings. The molecule has 0 heterocycles. The van der Waals surface area contributed by atoms with Crippen molar-refractivity contribution in [3.8, 4) is 0 Å². The van der Waals surface area contributed by atoms with Crippen LogP contribution in [-0.4, -0.2) is 87.1 Å². The SMILES string of the molecule is [H-].[H-].[H-].[H-].[La].[Mg+2].[O]=[GaH].[Sr+2]. The minimum Gasteiger partial charge on any atom is 2.00 e. The Morgan fingerprint density at radius 1 is 1.40 bits per heavy atom. The summed E-state index contributed by atoms with van der Waals surface area (Å²) in [6, 6.07) is 0. The Kier molecular flexibility index (Phi) is 115. The summed E-state index contributed by atoms with van der Waals surface area (Å²) < 4.78 is 8.38. The van der Waals surface area contributed by atoms with Crippen molar-refractivity contribution < 1.29 is 44.8 Å². The van der Waals surface area contributed by atoms with Gasteiger partial charge in [0.15, 0.2) is 0 Å². The van der Waals surface area contributed by atoms with Gasteiger partial charge in [-0.15, -0.1) is 0 Å². The smallest absolute Gasteiger partial charge is 2.00 e. The fraction of sp³-hybridized carbons (Fsp3) is 0. The summed E-state index contributed by atoms with van der Waals surface area (Å²) >= 11 is 0.125. The average molecular weight is 342 g/mol. The zero-order valence-corrected chi connectivity index (χ0v) is 14.6. The van der Waals surface area contributed by atoms with Crippen LogP contribution in [0.5, 0.6) is 0 Å². The van der Waals surface area contributed by atoms with Crippen LogP contribution in [-0.2, 0) is 3.54 Å². The Labute approximate surface area is 129 Å². The van der Waals surface area contributed by atoms with E-state index in [4.69, 9.17) is 3.54 Å². The molecule has 0 saturated heterocycles. The first kappa shape index (κ1) is 23.2. The molecule has 0 aromatic heterocycles. The molecule has 5 heavy (non-hydrogen) atoms. The number of rotatable bonds is 0. The summed E-state index contributed by atoms with van der Waals surface area (Å²) in [6.07, 6.45) is 0. The van der Waals surface area contributed by atoms with E-state index in [0.29, 0.717) is 0 Å². The Morgan fingerprint density at radius 3 is 1.40 bits per heavy atom. The van der Waals surface area contributed by atoms with E-state index in [2.05, 4.69) is 0 Å². The van der Waals surface area contributed by atoms with E-state index in [9.17, 15) is 0 Å². The second kappa shape index (κ2) is 24.8. The molecule has 21 valence electrons. The largest absolute Gasteiger partial charge is 2.00 e. The van der Waals surface area contributed by atoms with Crippen molar-refractivity contribution in [1.82, 2.24) is 0 Å². The molecule has 0 N–H and O–H groups in total. The van der Waals surface area contributed by atoms with Crippen molar-refractivity contribution >= 4 is 87.1 Å². The van der Waals surface area contributed by atoms with E-state index in [1.165, 1.54) is 0 Å². The maximum atomic E-state index is 8.38. The first-order valence-electron chi connectivity index (χ1n) is 0.289. The van der Waals surface area contributed by atoms with Gasteiger partial charge in [-0.3, -0.25) is 0 Å². The van der Waals surface area contributed by atoms with Crippen molar-refractivity contribution in [3.63, 3.8) is 0 Å². The average Bonchev–Trinajstić information content (AvgIpc) is 1.00. The Bertz CT molecular complexity index is 20.5. The zero-order valence-electron chi connectivity index (χ0n) is 7.11. The first-order valence-corrected chi connectivity index (χ1v) is 1.50. The third-order valence-electron chi connectivity index (χ3n) is 0. The van der Waals surface area contributed by atoms with Crippen LogP contribution in [0.15, 0.2) is 0 Å². The van der Waals surface area contributed by atoms with Gasteiger partial charge in [0.2, 0.25) is 0 Å². The fourth-order valence-corrected chi connectivity index (χ4v) is 0. The standard InChI is InChI=1S/Ga.La.Mg.O.Sr.5H/q;;+2;;+2;;4*-1. The second-order valence-electron chi connectivity index (χ2n) is 0. The van der Waals surface area contributed by atoms with Crippen molar-refractivity contribution in [3.05, 3.63) is 0 Å². The van der Waals surface area contributed by atoms with Gasteiger partial charge < -0.3 is 5.71 Å². The van der Waals surface area contributed by atoms with Crippen LogP contribution in [0.1, 0.15) is 5.71 Å². The number of hydrogen-bond acceptors (Lipinski definition) is 1. The van der Waals surface area contributed by atoms with Crippen LogP contribution in [0.4, 0.5) is 0 Å². The van der Waals surface area contributed by atoms with Crippen LogP contribution < -0.4 is 0 Å². The molecule has 0 spiro atoms. The van der Waals surface area contributed by atoms with Crippen molar-refractivity contribution in [2.24, 2.45) is 0 Å². The van der Waals surface area contributed by atoms with E-state index in [0.717, 1.165) is 0 Å². The van der Waals surface area contributed by atoms with E-state index in [-0.39, 0.29) is 128 Å². The van der Waals surface area contributed by atoms with Crippen LogP contribution in [0.3, 0.4) is 0 Å². The molecular formula is H5GaLaMgOSr. The van der Waals surface area contributed by atoms with Crippen molar-refractivity contribution in [2.45, 2.75) is 0 Å². The Hall–Kier alpha value is 3.88. The molecule has 0 amide bonds. The molecule has 5 heteroatoms. The second-order valence-corrected chi connectivity index (χ2v) is 0. The predicted octanol–water partition coefficient (Wildman–Crippen LogP) is -1.08. The summed E-state index contributed by atoms with van der Waals surface area (Å²) in [5.74, 6) is 0. The minimum atomic E-state index is 0. The Balaban J connectivity index is -0.000000000238. The number of hydrogen-bond donors (Lipinski definition) is 0. The van der Waals surface area contributed by atoms with E-state index in [1.54, 1.807) is 0 Å². The third-order valence-corrected chi connectivity index (χ3v) is 0. The molecule has 1 radical (unpaired) electrons. The summed E-state index contributed by atoms with van der Waals surface area (Å²) in [5.41, 5.74) is 0. The van der Waals surface area contributed by atoms with E-state index >= 15 is 0 Å². The van der Waals surface area contributed by atoms with Gasteiger partial charge in [-0.1, -0.05) is 0 Å².